The number of aromatic amines is 1. The molecule has 2 aliphatic rings. The molecule has 0 spiro atoms. The Hall–Kier alpha value is -1.36. The predicted molar refractivity (Wildman–Crippen MR) is 70.4 cm³/mol. The van der Waals surface area contributed by atoms with Gasteiger partial charge in [0.1, 0.15) is 12.1 Å². The molecule has 1 aliphatic carbocycles. The quantitative estimate of drug-likeness (QED) is 0.794. The third kappa shape index (κ3) is 2.81. The molecule has 0 aromatic carbocycles. The van der Waals surface area contributed by atoms with Crippen LogP contribution in [0.25, 0.3) is 0 Å². The average molecular weight is 263 g/mol. The van der Waals surface area contributed by atoms with Gasteiger partial charge < -0.3 is 9.72 Å². The van der Waals surface area contributed by atoms with Gasteiger partial charge in [0.15, 0.2) is 0 Å². The van der Waals surface area contributed by atoms with Crippen molar-refractivity contribution in [2.45, 2.75) is 57.7 Å². The zero-order valence-electron chi connectivity index (χ0n) is 11.3. The molecule has 104 valence electrons. The molecule has 1 fully saturated rings. The van der Waals surface area contributed by atoms with E-state index in [0.717, 1.165) is 30.1 Å². The maximum atomic E-state index is 12.2. The van der Waals surface area contributed by atoms with Crippen LogP contribution in [0.2, 0.25) is 0 Å². The van der Waals surface area contributed by atoms with E-state index in [1.165, 1.54) is 12.8 Å². The third-order valence-electron chi connectivity index (χ3n) is 4.26. The molecular formula is C14H21N3O2. The van der Waals surface area contributed by atoms with Gasteiger partial charge in [-0.05, 0) is 31.6 Å². The summed E-state index contributed by atoms with van der Waals surface area (Å²) in [6.07, 6.45) is 6.77. The summed E-state index contributed by atoms with van der Waals surface area (Å²) in [5.74, 6) is 0.655. The number of fused-ring (bicyclic) bond motifs is 1. The maximum Gasteiger partial charge on any atom is 0.323 e. The number of aromatic nitrogens is 2. The second kappa shape index (κ2) is 5.33. The second-order valence-corrected chi connectivity index (χ2v) is 5.78. The van der Waals surface area contributed by atoms with Crippen molar-refractivity contribution in [1.82, 2.24) is 15.3 Å². The van der Waals surface area contributed by atoms with Gasteiger partial charge in [-0.15, -0.1) is 0 Å². The molecule has 2 heterocycles. The van der Waals surface area contributed by atoms with Gasteiger partial charge in [-0.1, -0.05) is 6.92 Å². The van der Waals surface area contributed by atoms with Crippen LogP contribution in [0.3, 0.4) is 0 Å². The summed E-state index contributed by atoms with van der Waals surface area (Å²) in [5.41, 5.74) is 2.06. The smallest absolute Gasteiger partial charge is 0.323 e. The average Bonchev–Trinajstić information content (AvgIpc) is 2.88. The third-order valence-corrected chi connectivity index (χ3v) is 4.26. The van der Waals surface area contributed by atoms with Crippen LogP contribution in [0.1, 0.15) is 44.0 Å². The molecular weight excluding hydrogens is 242 g/mol. The number of imidazole rings is 1. The predicted octanol–water partition coefficient (Wildman–Crippen LogP) is 1.55. The summed E-state index contributed by atoms with van der Waals surface area (Å²) in [6.45, 7) is 2.93. The van der Waals surface area contributed by atoms with E-state index in [-0.39, 0.29) is 18.1 Å². The highest BCUT2D eigenvalue weighted by Crippen LogP contribution is 2.26. The van der Waals surface area contributed by atoms with Crippen LogP contribution in [-0.4, -0.2) is 28.1 Å². The molecule has 2 N–H and O–H groups in total. The zero-order valence-corrected chi connectivity index (χ0v) is 11.3. The first-order valence-electron chi connectivity index (χ1n) is 7.17. The van der Waals surface area contributed by atoms with Crippen molar-refractivity contribution < 1.29 is 9.53 Å². The lowest BCUT2D eigenvalue weighted by molar-refractivity contribution is -0.153. The number of nitrogens with one attached hydrogen (secondary N) is 2. The molecule has 0 radical (unpaired) electrons. The largest absolute Gasteiger partial charge is 0.461 e. The molecule has 5 heteroatoms. The van der Waals surface area contributed by atoms with E-state index in [4.69, 9.17) is 4.74 Å². The number of carbonyl (C=O) groups is 1. The minimum atomic E-state index is -0.241. The summed E-state index contributed by atoms with van der Waals surface area (Å²) in [6, 6.07) is -0.241. The zero-order chi connectivity index (χ0) is 13.2. The lowest BCUT2D eigenvalue weighted by atomic mass is 9.89. The molecule has 5 nitrogen and oxygen atoms in total. The van der Waals surface area contributed by atoms with E-state index in [9.17, 15) is 4.79 Å². The SMILES string of the molecule is CC1CCC(OC(=O)C2Cc3nc[nH]c3CN2)CC1. The van der Waals surface area contributed by atoms with E-state index in [1.54, 1.807) is 6.33 Å². The fraction of sp³-hybridized carbons (Fsp3) is 0.714. The molecule has 0 bridgehead atoms. The molecule has 1 saturated carbocycles. The Bertz CT molecular complexity index is 449. The number of rotatable bonds is 2. The van der Waals surface area contributed by atoms with E-state index < -0.39 is 0 Å². The Labute approximate surface area is 113 Å². The summed E-state index contributed by atoms with van der Waals surface area (Å²) in [7, 11) is 0. The van der Waals surface area contributed by atoms with Gasteiger partial charge in [0.05, 0.1) is 17.7 Å². The van der Waals surface area contributed by atoms with Crippen molar-refractivity contribution in [3.8, 4) is 0 Å². The lowest BCUT2D eigenvalue weighted by Gasteiger charge is -2.28. The van der Waals surface area contributed by atoms with Crippen LogP contribution in [0.15, 0.2) is 6.33 Å². The first kappa shape index (κ1) is 12.7. The number of H-pyrrole nitrogens is 1. The van der Waals surface area contributed by atoms with E-state index >= 15 is 0 Å². The molecule has 1 aliphatic heterocycles. The number of hydrogen-bond acceptors (Lipinski definition) is 4. The molecule has 0 saturated heterocycles. The number of esters is 1. The van der Waals surface area contributed by atoms with Gasteiger partial charge in [0.2, 0.25) is 0 Å². The summed E-state index contributed by atoms with van der Waals surface area (Å²) in [4.78, 5) is 19.5. The summed E-state index contributed by atoms with van der Waals surface area (Å²) in [5, 5.41) is 3.21. The van der Waals surface area contributed by atoms with Crippen LogP contribution in [0, 0.1) is 5.92 Å². The first-order valence-corrected chi connectivity index (χ1v) is 7.17. The van der Waals surface area contributed by atoms with Crippen molar-refractivity contribution in [1.29, 1.82) is 0 Å². The highest BCUT2D eigenvalue weighted by molar-refractivity contribution is 5.76. The van der Waals surface area contributed by atoms with Crippen LogP contribution in [0.4, 0.5) is 0 Å². The van der Waals surface area contributed by atoms with Gasteiger partial charge in [-0.2, -0.15) is 0 Å². The van der Waals surface area contributed by atoms with Gasteiger partial charge in [-0.3, -0.25) is 10.1 Å². The summed E-state index contributed by atoms with van der Waals surface area (Å²) >= 11 is 0. The topological polar surface area (TPSA) is 67.0 Å². The van der Waals surface area contributed by atoms with Gasteiger partial charge >= 0.3 is 5.97 Å². The fourth-order valence-corrected chi connectivity index (χ4v) is 2.93. The fourth-order valence-electron chi connectivity index (χ4n) is 2.93. The Balaban J connectivity index is 1.54. The molecule has 1 unspecified atom stereocenters. The minimum absolute atomic E-state index is 0.117. The highest BCUT2D eigenvalue weighted by atomic mass is 16.5. The van der Waals surface area contributed by atoms with Crippen molar-refractivity contribution in [2.75, 3.05) is 0 Å². The van der Waals surface area contributed by atoms with Crippen molar-refractivity contribution in [2.24, 2.45) is 5.92 Å². The molecule has 1 atom stereocenters. The Morgan fingerprint density at radius 2 is 2.16 bits per heavy atom. The molecule has 19 heavy (non-hydrogen) atoms. The maximum absolute atomic E-state index is 12.2. The van der Waals surface area contributed by atoms with Crippen LogP contribution in [-0.2, 0) is 22.5 Å². The normalized spacial score (nSPS) is 30.7. The van der Waals surface area contributed by atoms with E-state index in [2.05, 4.69) is 22.2 Å². The van der Waals surface area contributed by atoms with Crippen molar-refractivity contribution >= 4 is 5.97 Å². The molecule has 1 aromatic heterocycles. The highest BCUT2D eigenvalue weighted by Gasteiger charge is 2.29. The summed E-state index contributed by atoms with van der Waals surface area (Å²) < 4.78 is 5.63. The van der Waals surface area contributed by atoms with Crippen LogP contribution >= 0.6 is 0 Å². The second-order valence-electron chi connectivity index (χ2n) is 5.78. The van der Waals surface area contributed by atoms with Crippen molar-refractivity contribution in [3.63, 3.8) is 0 Å². The first-order chi connectivity index (χ1) is 9.22. The van der Waals surface area contributed by atoms with E-state index in [0.29, 0.717) is 13.0 Å². The van der Waals surface area contributed by atoms with Gasteiger partial charge in [0, 0.05) is 13.0 Å². The van der Waals surface area contributed by atoms with Gasteiger partial charge in [-0.25, -0.2) is 4.98 Å². The van der Waals surface area contributed by atoms with Crippen LogP contribution < -0.4 is 5.32 Å². The van der Waals surface area contributed by atoms with Crippen molar-refractivity contribution in [3.05, 3.63) is 17.7 Å². The van der Waals surface area contributed by atoms with E-state index in [1.807, 2.05) is 0 Å². The number of carbonyl (C=O) groups excluding carboxylic acids is 1. The Morgan fingerprint density at radius 3 is 2.95 bits per heavy atom. The standard InChI is InChI=1S/C14H21N3O2/c1-9-2-4-10(5-3-9)19-14(18)12-6-11-13(7-15-12)17-8-16-11/h8-10,12,15H,2-7H2,1H3,(H,16,17). The molecule has 1 aromatic rings. The molecule has 3 rings (SSSR count). The Kier molecular flexibility index (Phi) is 3.55. The van der Waals surface area contributed by atoms with Crippen LogP contribution in [0.5, 0.6) is 0 Å². The minimum Gasteiger partial charge on any atom is -0.461 e. The lowest BCUT2D eigenvalue weighted by Crippen LogP contribution is -2.44. The Morgan fingerprint density at radius 1 is 1.37 bits per heavy atom. The number of hydrogen-bond donors (Lipinski definition) is 2. The molecule has 0 amide bonds. The van der Waals surface area contributed by atoms with Gasteiger partial charge in [0.25, 0.3) is 0 Å². The number of ether oxygens (including phenoxy) is 1. The number of nitrogens with zero attached hydrogens (tertiary/aromatic N) is 1. The monoisotopic (exact) mass is 263 g/mol.